The molecule has 0 radical (unpaired) electrons. The molecule has 0 aliphatic rings. The van der Waals surface area contributed by atoms with Gasteiger partial charge < -0.3 is 32.9 Å². The maximum atomic E-state index is 12.6. The zero-order valence-electron chi connectivity index (χ0n) is 31.4. The predicted molar refractivity (Wildman–Crippen MR) is 213 cm³/mol. The third-order valence-electron chi connectivity index (χ3n) is 9.26. The Morgan fingerprint density at radius 2 is 1.02 bits per heavy atom. The average molecular weight is 751 g/mol. The van der Waals surface area contributed by atoms with Crippen LogP contribution in [0, 0.1) is 0 Å². The maximum Gasteiger partial charge on any atom is 0.336 e. The number of benzene rings is 3. The number of ether oxygens (including phenoxy) is 4. The molecule has 0 bridgehead atoms. The number of esters is 2. The molecule has 0 atom stereocenters. The van der Waals surface area contributed by atoms with Crippen molar-refractivity contribution < 1.29 is 47.3 Å². The van der Waals surface area contributed by atoms with Crippen LogP contribution in [-0.2, 0) is 19.1 Å². The largest absolute Gasteiger partial charge is 0.493 e. The van der Waals surface area contributed by atoms with E-state index in [1.54, 1.807) is 12.1 Å². The van der Waals surface area contributed by atoms with Gasteiger partial charge in [0.05, 0.1) is 42.8 Å². The number of carboxylic acids is 1. The molecule has 0 amide bonds. The normalized spacial score (nSPS) is 11.1. The summed E-state index contributed by atoms with van der Waals surface area (Å²) < 4.78 is 34.6. The molecule has 5 aromatic rings. The van der Waals surface area contributed by atoms with Crippen LogP contribution in [0.2, 0.25) is 0 Å². The number of carbonyl (C=O) groups is 3. The Morgan fingerprint density at radius 3 is 1.51 bits per heavy atom. The number of carbonyl (C=O) groups excluding carboxylic acids is 2. The van der Waals surface area contributed by atoms with Gasteiger partial charge in [0.1, 0.15) is 34.2 Å². The van der Waals surface area contributed by atoms with Gasteiger partial charge in [-0.25, -0.2) is 14.4 Å². The number of unbranched alkanes of at least 4 members (excludes halogenated alkanes) is 10. The quantitative estimate of drug-likeness (QED) is 0.0349. The van der Waals surface area contributed by atoms with Crippen molar-refractivity contribution in [3.8, 4) is 34.1 Å². The van der Waals surface area contributed by atoms with Crippen molar-refractivity contribution in [2.24, 2.45) is 0 Å². The number of furan rings is 2. The SMILES string of the molecule is C=CC(=O)OCCCCCCCCOc1cccc2oc(-c3ccc(-c4cc5c(OCCCCCCCCOC(=O)C=C)cccc5o4)c(C(=O)O)c3)cc12. The third-order valence-corrected chi connectivity index (χ3v) is 9.26. The van der Waals surface area contributed by atoms with Crippen molar-refractivity contribution in [3.05, 3.63) is 97.6 Å². The fourth-order valence-electron chi connectivity index (χ4n) is 6.33. The van der Waals surface area contributed by atoms with Crippen molar-refractivity contribution in [3.63, 3.8) is 0 Å². The van der Waals surface area contributed by atoms with Gasteiger partial charge in [0.15, 0.2) is 0 Å². The molecule has 290 valence electrons. The third kappa shape index (κ3) is 11.9. The molecule has 2 aromatic heterocycles. The zero-order chi connectivity index (χ0) is 38.8. The first-order valence-electron chi connectivity index (χ1n) is 19.1. The summed E-state index contributed by atoms with van der Waals surface area (Å²) in [5, 5.41) is 11.9. The van der Waals surface area contributed by atoms with Crippen LogP contribution < -0.4 is 9.47 Å². The van der Waals surface area contributed by atoms with Crippen molar-refractivity contribution in [2.75, 3.05) is 26.4 Å². The first-order valence-corrected chi connectivity index (χ1v) is 19.1. The van der Waals surface area contributed by atoms with E-state index in [2.05, 4.69) is 13.2 Å². The molecule has 2 heterocycles. The molecule has 0 saturated heterocycles. The van der Waals surface area contributed by atoms with Crippen molar-refractivity contribution >= 4 is 39.8 Å². The topological polar surface area (TPSA) is 135 Å². The highest BCUT2D eigenvalue weighted by atomic mass is 16.5. The van der Waals surface area contributed by atoms with E-state index < -0.39 is 5.97 Å². The lowest BCUT2D eigenvalue weighted by molar-refractivity contribution is -0.138. The van der Waals surface area contributed by atoms with Gasteiger partial charge in [-0.15, -0.1) is 0 Å². The molecule has 10 nitrogen and oxygen atoms in total. The first-order chi connectivity index (χ1) is 26.9. The Bertz CT molecular complexity index is 2050. The predicted octanol–water partition coefficient (Wildman–Crippen LogP) is 11.1. The number of hydrogen-bond donors (Lipinski definition) is 1. The minimum absolute atomic E-state index is 0.0904. The molecule has 0 aliphatic carbocycles. The molecule has 0 spiro atoms. The van der Waals surface area contributed by atoms with Crippen molar-refractivity contribution in [2.45, 2.75) is 77.0 Å². The molecule has 55 heavy (non-hydrogen) atoms. The fourth-order valence-corrected chi connectivity index (χ4v) is 6.33. The van der Waals surface area contributed by atoms with E-state index in [4.69, 9.17) is 27.8 Å². The van der Waals surface area contributed by atoms with E-state index in [1.807, 2.05) is 54.6 Å². The number of hydrogen-bond acceptors (Lipinski definition) is 9. The second-order valence-corrected chi connectivity index (χ2v) is 13.3. The summed E-state index contributed by atoms with van der Waals surface area (Å²) in [6.07, 6.45) is 14.2. The van der Waals surface area contributed by atoms with Gasteiger partial charge in [-0.3, -0.25) is 0 Å². The number of fused-ring (bicyclic) bond motifs is 2. The molecule has 1 N–H and O–H groups in total. The first kappa shape index (κ1) is 40.4. The highest BCUT2D eigenvalue weighted by Crippen LogP contribution is 2.38. The number of carboxylic acid groups (broad SMARTS) is 1. The van der Waals surface area contributed by atoms with Gasteiger partial charge in [-0.2, -0.15) is 0 Å². The van der Waals surface area contributed by atoms with Gasteiger partial charge in [0.2, 0.25) is 0 Å². The Balaban J connectivity index is 1.15. The van der Waals surface area contributed by atoms with Crippen LogP contribution in [0.3, 0.4) is 0 Å². The lowest BCUT2D eigenvalue weighted by atomic mass is 10.0. The minimum atomic E-state index is -1.08. The smallest absolute Gasteiger partial charge is 0.336 e. The van der Waals surface area contributed by atoms with Crippen LogP contribution in [0.1, 0.15) is 87.4 Å². The molecular formula is C45H50O10. The Hall–Kier alpha value is -5.77. The van der Waals surface area contributed by atoms with Gasteiger partial charge in [-0.1, -0.05) is 82.7 Å². The second kappa shape index (κ2) is 21.2. The fraction of sp³-hybridized carbons (Fsp3) is 0.356. The molecule has 0 saturated carbocycles. The van der Waals surface area contributed by atoms with E-state index in [9.17, 15) is 19.5 Å². The van der Waals surface area contributed by atoms with E-state index in [0.717, 1.165) is 87.8 Å². The molecule has 10 heteroatoms. The lowest BCUT2D eigenvalue weighted by Gasteiger charge is -2.07. The highest BCUT2D eigenvalue weighted by Gasteiger charge is 2.20. The van der Waals surface area contributed by atoms with E-state index >= 15 is 0 Å². The van der Waals surface area contributed by atoms with Crippen LogP contribution in [0.5, 0.6) is 11.5 Å². The standard InChI is InChI=1S/C45H50O10/c1-3-43(46)52-27-15-11-7-5-9-13-25-50-37-19-17-21-39-35(37)30-41(54-39)32-23-24-33(34(29-32)45(48)49)42-31-36-38(20-18-22-40(36)55-42)51-26-14-10-6-8-12-16-28-53-44(47)4-2/h3-4,17-24,29-31H,1-2,5-16,25-28H2,(H,48,49). The summed E-state index contributed by atoms with van der Waals surface area (Å²) in [5.41, 5.74) is 2.43. The van der Waals surface area contributed by atoms with Crippen molar-refractivity contribution in [1.82, 2.24) is 0 Å². The molecule has 0 fully saturated rings. The lowest BCUT2D eigenvalue weighted by Crippen LogP contribution is -2.01. The molecule has 0 aliphatic heterocycles. The molecule has 0 unspecified atom stereocenters. The highest BCUT2D eigenvalue weighted by molar-refractivity contribution is 5.99. The van der Waals surface area contributed by atoms with Crippen LogP contribution in [-0.4, -0.2) is 49.4 Å². The van der Waals surface area contributed by atoms with E-state index in [1.165, 1.54) is 12.2 Å². The summed E-state index contributed by atoms with van der Waals surface area (Å²) in [4.78, 5) is 34.8. The summed E-state index contributed by atoms with van der Waals surface area (Å²) in [5.74, 6) is 0.528. The van der Waals surface area contributed by atoms with Crippen LogP contribution in [0.25, 0.3) is 44.6 Å². The average Bonchev–Trinajstić information content (AvgIpc) is 3.85. The van der Waals surface area contributed by atoms with Gasteiger partial charge in [0, 0.05) is 23.3 Å². The number of rotatable bonds is 25. The molecular weight excluding hydrogens is 700 g/mol. The number of aromatic carboxylic acids is 1. The summed E-state index contributed by atoms with van der Waals surface area (Å²) >= 11 is 0. The summed E-state index contributed by atoms with van der Waals surface area (Å²) in [6.45, 7) is 8.76. The summed E-state index contributed by atoms with van der Waals surface area (Å²) in [6, 6.07) is 20.2. The van der Waals surface area contributed by atoms with Crippen LogP contribution in [0.4, 0.5) is 0 Å². The Kier molecular flexibility index (Phi) is 15.6. The summed E-state index contributed by atoms with van der Waals surface area (Å²) in [7, 11) is 0. The van der Waals surface area contributed by atoms with E-state index in [0.29, 0.717) is 71.7 Å². The van der Waals surface area contributed by atoms with E-state index in [-0.39, 0.29) is 17.5 Å². The van der Waals surface area contributed by atoms with Gasteiger partial charge >= 0.3 is 17.9 Å². The Morgan fingerprint density at radius 1 is 0.564 bits per heavy atom. The van der Waals surface area contributed by atoms with Crippen LogP contribution in [0.15, 0.2) is 101 Å². The second-order valence-electron chi connectivity index (χ2n) is 13.3. The Labute approximate surface area is 321 Å². The monoisotopic (exact) mass is 750 g/mol. The van der Waals surface area contributed by atoms with Crippen molar-refractivity contribution in [1.29, 1.82) is 0 Å². The van der Waals surface area contributed by atoms with Gasteiger partial charge in [0.25, 0.3) is 0 Å². The molecule has 3 aromatic carbocycles. The minimum Gasteiger partial charge on any atom is -0.493 e. The maximum absolute atomic E-state index is 12.6. The van der Waals surface area contributed by atoms with Gasteiger partial charge in [-0.05, 0) is 74.2 Å². The molecule has 5 rings (SSSR count). The zero-order valence-corrected chi connectivity index (χ0v) is 31.4. The van der Waals surface area contributed by atoms with Crippen LogP contribution >= 0.6 is 0 Å².